The first-order chi connectivity index (χ1) is 9.72. The molecule has 0 radical (unpaired) electrons. The molecule has 20 heavy (non-hydrogen) atoms. The summed E-state index contributed by atoms with van der Waals surface area (Å²) < 4.78 is 1.60. The van der Waals surface area contributed by atoms with Gasteiger partial charge in [0, 0.05) is 24.5 Å². The van der Waals surface area contributed by atoms with Gasteiger partial charge in [-0.05, 0) is 41.8 Å². The van der Waals surface area contributed by atoms with Crippen LogP contribution in [0.2, 0.25) is 0 Å². The topological polar surface area (TPSA) is 59.3 Å². The maximum absolute atomic E-state index is 12.1. The smallest absolute Gasteiger partial charge is 0.272 e. The summed E-state index contributed by atoms with van der Waals surface area (Å²) in [5, 5.41) is 11.3. The van der Waals surface area contributed by atoms with Gasteiger partial charge < -0.3 is 5.32 Å². The Labute approximate surface area is 120 Å². The minimum atomic E-state index is -0.168. The predicted octanol–water partition coefficient (Wildman–Crippen LogP) is 2.15. The van der Waals surface area contributed by atoms with Crippen molar-refractivity contribution in [2.45, 2.75) is 19.4 Å². The number of amides is 1. The molecular weight excluding hydrogens is 272 g/mol. The van der Waals surface area contributed by atoms with E-state index in [1.807, 2.05) is 12.3 Å². The second-order valence-corrected chi connectivity index (χ2v) is 5.44. The van der Waals surface area contributed by atoms with Crippen molar-refractivity contribution < 1.29 is 4.79 Å². The van der Waals surface area contributed by atoms with Crippen molar-refractivity contribution in [3.63, 3.8) is 0 Å². The fraction of sp³-hybridized carbons (Fsp3) is 0.214. The fourth-order valence-electron chi connectivity index (χ4n) is 2.05. The van der Waals surface area contributed by atoms with Crippen molar-refractivity contribution in [3.05, 3.63) is 52.6 Å². The highest BCUT2D eigenvalue weighted by atomic mass is 32.1. The van der Waals surface area contributed by atoms with Gasteiger partial charge in [-0.3, -0.25) is 4.79 Å². The number of carbonyl (C=O) groups is 1. The highest BCUT2D eigenvalue weighted by Gasteiger charge is 2.14. The maximum Gasteiger partial charge on any atom is 0.272 e. The molecule has 1 amide bonds. The Kier molecular flexibility index (Phi) is 3.47. The Morgan fingerprint density at radius 3 is 3.20 bits per heavy atom. The van der Waals surface area contributed by atoms with E-state index in [9.17, 15) is 4.79 Å². The molecule has 6 heteroatoms. The van der Waals surface area contributed by atoms with E-state index in [2.05, 4.69) is 26.8 Å². The van der Waals surface area contributed by atoms with Crippen LogP contribution in [0.5, 0.6) is 0 Å². The summed E-state index contributed by atoms with van der Waals surface area (Å²) in [4.78, 5) is 16.3. The molecule has 102 valence electrons. The second-order valence-electron chi connectivity index (χ2n) is 4.66. The molecule has 0 aliphatic carbocycles. The van der Waals surface area contributed by atoms with Crippen LogP contribution in [-0.2, 0) is 6.42 Å². The largest absolute Gasteiger partial charge is 0.348 e. The van der Waals surface area contributed by atoms with Crippen molar-refractivity contribution in [3.8, 4) is 0 Å². The number of nitrogens with zero attached hydrogens (tertiary/aromatic N) is 3. The average Bonchev–Trinajstić information content (AvgIpc) is 3.06. The molecule has 0 fully saturated rings. The van der Waals surface area contributed by atoms with Crippen LogP contribution in [0.15, 0.2) is 41.4 Å². The van der Waals surface area contributed by atoms with Crippen LogP contribution in [0.3, 0.4) is 0 Å². The monoisotopic (exact) mass is 286 g/mol. The molecule has 0 spiro atoms. The van der Waals surface area contributed by atoms with Crippen LogP contribution < -0.4 is 5.32 Å². The highest BCUT2D eigenvalue weighted by molar-refractivity contribution is 7.07. The number of nitrogens with one attached hydrogen (secondary N) is 1. The predicted molar refractivity (Wildman–Crippen MR) is 77.9 cm³/mol. The molecule has 3 rings (SSSR count). The summed E-state index contributed by atoms with van der Waals surface area (Å²) in [7, 11) is 0. The third-order valence-corrected chi connectivity index (χ3v) is 3.70. The molecule has 0 saturated heterocycles. The summed E-state index contributed by atoms with van der Waals surface area (Å²) in [6.07, 6.45) is 4.27. The van der Waals surface area contributed by atoms with E-state index in [0.717, 1.165) is 6.42 Å². The van der Waals surface area contributed by atoms with Gasteiger partial charge in [0.15, 0.2) is 11.3 Å². The Balaban J connectivity index is 1.69. The molecule has 0 bridgehead atoms. The first-order valence-electron chi connectivity index (χ1n) is 6.35. The van der Waals surface area contributed by atoms with Gasteiger partial charge in [0.05, 0.1) is 0 Å². The van der Waals surface area contributed by atoms with Gasteiger partial charge in [-0.25, -0.2) is 9.50 Å². The maximum atomic E-state index is 12.1. The van der Waals surface area contributed by atoms with E-state index in [1.165, 1.54) is 5.56 Å². The standard InChI is InChI=1S/C14H14N4OS/c1-10(7-11-3-6-20-9-11)16-14(19)12-8-13-15-4-2-5-18(13)17-12/h2-6,8-10H,7H2,1H3,(H,16,19)/t10-/m1/s1. The normalized spacial score (nSPS) is 12.4. The van der Waals surface area contributed by atoms with Crippen LogP contribution in [0.1, 0.15) is 23.0 Å². The lowest BCUT2D eigenvalue weighted by atomic mass is 10.1. The quantitative estimate of drug-likeness (QED) is 0.799. The Morgan fingerprint density at radius 1 is 1.55 bits per heavy atom. The lowest BCUT2D eigenvalue weighted by molar-refractivity contribution is 0.0935. The van der Waals surface area contributed by atoms with Crippen LogP contribution >= 0.6 is 11.3 Å². The molecule has 0 aliphatic heterocycles. The van der Waals surface area contributed by atoms with Crippen LogP contribution in [0, 0.1) is 0 Å². The van der Waals surface area contributed by atoms with Crippen LogP contribution in [0.4, 0.5) is 0 Å². The number of hydrogen-bond donors (Lipinski definition) is 1. The van der Waals surface area contributed by atoms with Gasteiger partial charge in [-0.15, -0.1) is 0 Å². The SMILES string of the molecule is C[C@H](Cc1ccsc1)NC(=O)c1cc2ncccn2n1. The van der Waals surface area contributed by atoms with Gasteiger partial charge >= 0.3 is 0 Å². The number of thiophene rings is 1. The van der Waals surface area contributed by atoms with Crippen LogP contribution in [0.25, 0.3) is 5.65 Å². The number of fused-ring (bicyclic) bond motifs is 1. The van der Waals surface area contributed by atoms with Gasteiger partial charge in [0.1, 0.15) is 0 Å². The Morgan fingerprint density at radius 2 is 2.45 bits per heavy atom. The van der Waals surface area contributed by atoms with Crippen molar-refractivity contribution >= 4 is 22.9 Å². The zero-order chi connectivity index (χ0) is 13.9. The first-order valence-corrected chi connectivity index (χ1v) is 7.29. The fourth-order valence-corrected chi connectivity index (χ4v) is 2.73. The number of aromatic nitrogens is 3. The molecule has 0 unspecified atom stereocenters. The summed E-state index contributed by atoms with van der Waals surface area (Å²) in [6, 6.07) is 5.60. The summed E-state index contributed by atoms with van der Waals surface area (Å²) in [6.45, 7) is 1.99. The minimum Gasteiger partial charge on any atom is -0.348 e. The number of rotatable bonds is 4. The number of hydrogen-bond acceptors (Lipinski definition) is 4. The third kappa shape index (κ3) is 2.70. The summed E-state index contributed by atoms with van der Waals surface area (Å²) in [5.74, 6) is -0.168. The van der Waals surface area contributed by atoms with Crippen molar-refractivity contribution in [2.75, 3.05) is 0 Å². The molecular formula is C14H14N4OS. The van der Waals surface area contributed by atoms with Crippen LogP contribution in [-0.4, -0.2) is 26.5 Å². The van der Waals surface area contributed by atoms with Crippen molar-refractivity contribution in [1.82, 2.24) is 19.9 Å². The van der Waals surface area contributed by atoms with E-state index >= 15 is 0 Å². The molecule has 3 heterocycles. The van der Waals surface area contributed by atoms with E-state index in [-0.39, 0.29) is 11.9 Å². The molecule has 1 N–H and O–H groups in total. The molecule has 0 aliphatic rings. The van der Waals surface area contributed by atoms with Gasteiger partial charge in [-0.1, -0.05) is 0 Å². The van der Waals surface area contributed by atoms with Gasteiger partial charge in [0.25, 0.3) is 5.91 Å². The minimum absolute atomic E-state index is 0.0647. The second kappa shape index (κ2) is 5.42. The molecule has 0 aromatic carbocycles. The molecule has 3 aromatic heterocycles. The van der Waals surface area contributed by atoms with Crippen molar-refractivity contribution in [1.29, 1.82) is 0 Å². The molecule has 1 atom stereocenters. The number of carbonyl (C=O) groups excluding carboxylic acids is 1. The summed E-state index contributed by atoms with van der Waals surface area (Å²) >= 11 is 1.66. The summed E-state index contributed by atoms with van der Waals surface area (Å²) in [5.41, 5.74) is 2.29. The third-order valence-electron chi connectivity index (χ3n) is 2.97. The molecule has 5 nitrogen and oxygen atoms in total. The van der Waals surface area contributed by atoms with E-state index < -0.39 is 0 Å². The zero-order valence-corrected chi connectivity index (χ0v) is 11.8. The molecule has 3 aromatic rings. The van der Waals surface area contributed by atoms with E-state index in [0.29, 0.717) is 11.3 Å². The highest BCUT2D eigenvalue weighted by Crippen LogP contribution is 2.09. The average molecular weight is 286 g/mol. The van der Waals surface area contributed by atoms with Gasteiger partial charge in [-0.2, -0.15) is 16.4 Å². The van der Waals surface area contributed by atoms with Crippen molar-refractivity contribution in [2.24, 2.45) is 0 Å². The van der Waals surface area contributed by atoms with E-state index in [4.69, 9.17) is 0 Å². The van der Waals surface area contributed by atoms with Gasteiger partial charge in [0.2, 0.25) is 0 Å². The Bertz CT molecular complexity index is 687. The van der Waals surface area contributed by atoms with E-state index in [1.54, 1.807) is 40.4 Å². The lowest BCUT2D eigenvalue weighted by Crippen LogP contribution is -2.34. The zero-order valence-electron chi connectivity index (χ0n) is 11.0. The lowest BCUT2D eigenvalue weighted by Gasteiger charge is -2.11. The molecule has 0 saturated carbocycles. The first kappa shape index (κ1) is 12.8. The Hall–Kier alpha value is -2.21.